The van der Waals surface area contributed by atoms with Gasteiger partial charge in [-0.25, -0.2) is 8.42 Å². The van der Waals surface area contributed by atoms with Crippen molar-refractivity contribution in [3.05, 3.63) is 58.8 Å². The molecule has 1 fully saturated rings. The van der Waals surface area contributed by atoms with E-state index >= 15 is 0 Å². The summed E-state index contributed by atoms with van der Waals surface area (Å²) in [7, 11) is -1.71. The average molecular weight is 361 g/mol. The number of sulfonamides is 1. The van der Waals surface area contributed by atoms with Gasteiger partial charge in [0.15, 0.2) is 0 Å². The molecule has 134 valence electrons. The molecule has 1 aromatic carbocycles. The van der Waals surface area contributed by atoms with Crippen LogP contribution in [0.1, 0.15) is 22.6 Å². The number of aliphatic hydroxyl groups is 1. The Morgan fingerprint density at radius 3 is 2.60 bits per heavy atom. The van der Waals surface area contributed by atoms with E-state index in [0.29, 0.717) is 13.1 Å². The lowest BCUT2D eigenvalue weighted by molar-refractivity contribution is 0.223. The summed E-state index contributed by atoms with van der Waals surface area (Å²) in [6.45, 7) is 2.61. The highest BCUT2D eigenvalue weighted by atomic mass is 32.2. The first kappa shape index (κ1) is 17.8. The Bertz CT molecular complexity index is 856. The molecule has 3 rings (SSSR count). The minimum Gasteiger partial charge on any atom is -0.396 e. The first-order chi connectivity index (χ1) is 11.9. The van der Waals surface area contributed by atoms with Gasteiger partial charge in [0.05, 0.1) is 6.20 Å². The molecule has 2 aromatic rings. The molecule has 1 aromatic heterocycles. The third-order valence-corrected chi connectivity index (χ3v) is 6.16. The number of benzene rings is 1. The van der Waals surface area contributed by atoms with Gasteiger partial charge in [0.1, 0.15) is 0 Å². The second-order valence-electron chi connectivity index (χ2n) is 6.57. The minimum absolute atomic E-state index is 0.0405. The van der Waals surface area contributed by atoms with Gasteiger partial charge >= 0.3 is 0 Å². The maximum atomic E-state index is 12.7. The van der Waals surface area contributed by atoms with Crippen LogP contribution >= 0.6 is 0 Å². The first-order valence-corrected chi connectivity index (χ1v) is 9.73. The van der Waals surface area contributed by atoms with Crippen molar-refractivity contribution < 1.29 is 13.5 Å². The van der Waals surface area contributed by atoms with E-state index in [9.17, 15) is 13.5 Å². The van der Waals surface area contributed by atoms with E-state index in [1.165, 1.54) is 9.71 Å². The van der Waals surface area contributed by atoms with Crippen molar-refractivity contribution in [1.82, 2.24) is 14.1 Å². The van der Waals surface area contributed by atoms with Gasteiger partial charge in [0, 0.05) is 50.2 Å². The molecule has 25 heavy (non-hydrogen) atoms. The van der Waals surface area contributed by atoms with Gasteiger partial charge in [-0.15, -0.1) is 0 Å². The topological polar surface area (TPSA) is 75.4 Å². The number of rotatable bonds is 5. The van der Waals surface area contributed by atoms with Crippen LogP contribution in [0.5, 0.6) is 0 Å². The van der Waals surface area contributed by atoms with Crippen molar-refractivity contribution in [3.8, 4) is 0 Å². The molecule has 7 heteroatoms. The number of aliphatic hydroxyl groups excluding tert-OH is 1. The van der Waals surface area contributed by atoms with Gasteiger partial charge in [0.2, 0.25) is 10.0 Å². The normalized spacial score (nSPS) is 22.0. The molecular weight excluding hydrogens is 338 g/mol. The molecule has 0 radical (unpaired) electrons. The Labute approximate surface area is 148 Å². The predicted octanol–water partition coefficient (Wildman–Crippen LogP) is 1.74. The van der Waals surface area contributed by atoms with Crippen LogP contribution in [-0.2, 0) is 17.1 Å². The van der Waals surface area contributed by atoms with Crippen LogP contribution in [0.15, 0.2) is 42.1 Å². The van der Waals surface area contributed by atoms with Crippen LogP contribution in [0.3, 0.4) is 0 Å². The Kier molecular flexibility index (Phi) is 5.08. The molecule has 1 aliphatic rings. The summed E-state index contributed by atoms with van der Waals surface area (Å²) >= 11 is 0. The lowest BCUT2D eigenvalue weighted by Crippen LogP contribution is -2.27. The lowest BCUT2D eigenvalue weighted by Gasteiger charge is -2.13. The summed E-state index contributed by atoms with van der Waals surface area (Å²) < 4.78 is 28.4. The van der Waals surface area contributed by atoms with E-state index in [4.69, 9.17) is 0 Å². The van der Waals surface area contributed by atoms with Gasteiger partial charge in [-0.05, 0) is 24.1 Å². The van der Waals surface area contributed by atoms with Gasteiger partial charge in [-0.1, -0.05) is 29.8 Å². The molecule has 0 aliphatic carbocycles. The van der Waals surface area contributed by atoms with Gasteiger partial charge in [-0.2, -0.15) is 9.40 Å². The zero-order valence-electron chi connectivity index (χ0n) is 14.4. The summed E-state index contributed by atoms with van der Waals surface area (Å²) in [6.07, 6.45) is 5.23. The Morgan fingerprint density at radius 2 is 2.00 bits per heavy atom. The molecule has 0 amide bonds. The Hall–Kier alpha value is -1.96. The molecule has 0 unspecified atom stereocenters. The highest BCUT2D eigenvalue weighted by Crippen LogP contribution is 2.34. The second-order valence-corrected chi connectivity index (χ2v) is 8.39. The minimum atomic E-state index is -3.53. The summed E-state index contributed by atoms with van der Waals surface area (Å²) in [4.78, 5) is 0. The molecule has 0 saturated carbocycles. The van der Waals surface area contributed by atoms with Crippen molar-refractivity contribution >= 4 is 16.1 Å². The first-order valence-electron chi connectivity index (χ1n) is 8.23. The Balaban J connectivity index is 1.77. The highest BCUT2D eigenvalue weighted by molar-refractivity contribution is 7.92. The van der Waals surface area contributed by atoms with Crippen LogP contribution in [0.25, 0.3) is 6.08 Å². The monoisotopic (exact) mass is 361 g/mol. The van der Waals surface area contributed by atoms with Gasteiger partial charge in [-0.3, -0.25) is 4.68 Å². The fraction of sp³-hybridized carbons (Fsp3) is 0.389. The molecule has 0 bridgehead atoms. The molecule has 0 spiro atoms. The zero-order valence-corrected chi connectivity index (χ0v) is 15.2. The van der Waals surface area contributed by atoms with E-state index in [0.717, 1.165) is 16.7 Å². The summed E-state index contributed by atoms with van der Waals surface area (Å²) in [6, 6.07) is 7.67. The maximum absolute atomic E-state index is 12.7. The fourth-order valence-corrected chi connectivity index (χ4v) is 4.43. The van der Waals surface area contributed by atoms with E-state index in [1.807, 2.05) is 44.4 Å². The summed E-state index contributed by atoms with van der Waals surface area (Å²) in [5, 5.41) is 15.1. The van der Waals surface area contributed by atoms with Crippen LogP contribution in [0.2, 0.25) is 0 Å². The molecule has 2 heterocycles. The number of aromatic nitrogens is 2. The number of hydrogen-bond donors (Lipinski definition) is 1. The SMILES string of the molecule is Cc1ccc(/C=C/S(=O)(=O)N2C[C@@H](CO)[C@H](c3cnn(C)c3)C2)cc1. The number of hydrogen-bond acceptors (Lipinski definition) is 4. The summed E-state index contributed by atoms with van der Waals surface area (Å²) in [5.74, 6) is -0.159. The second kappa shape index (κ2) is 7.11. The third-order valence-electron chi connectivity index (χ3n) is 4.66. The van der Waals surface area contributed by atoms with E-state index in [1.54, 1.807) is 17.0 Å². The third kappa shape index (κ3) is 4.00. The zero-order chi connectivity index (χ0) is 18.0. The van der Waals surface area contributed by atoms with Gasteiger partial charge in [0.25, 0.3) is 0 Å². The molecule has 2 atom stereocenters. The van der Waals surface area contributed by atoms with E-state index in [-0.39, 0.29) is 18.4 Å². The maximum Gasteiger partial charge on any atom is 0.236 e. The fourth-order valence-electron chi connectivity index (χ4n) is 3.16. The predicted molar refractivity (Wildman–Crippen MR) is 97.2 cm³/mol. The van der Waals surface area contributed by atoms with Crippen LogP contribution in [0.4, 0.5) is 0 Å². The Morgan fingerprint density at radius 1 is 1.28 bits per heavy atom. The van der Waals surface area contributed by atoms with Crippen molar-refractivity contribution in [1.29, 1.82) is 0 Å². The van der Waals surface area contributed by atoms with Gasteiger partial charge < -0.3 is 5.11 Å². The highest BCUT2D eigenvalue weighted by Gasteiger charge is 2.38. The van der Waals surface area contributed by atoms with Crippen molar-refractivity contribution in [2.75, 3.05) is 19.7 Å². The molecule has 1 saturated heterocycles. The average Bonchev–Trinajstić information content (AvgIpc) is 3.20. The molecule has 1 aliphatic heterocycles. The van der Waals surface area contributed by atoms with Crippen LogP contribution < -0.4 is 0 Å². The molecular formula is C18H23N3O3S. The van der Waals surface area contributed by atoms with Crippen molar-refractivity contribution in [2.24, 2.45) is 13.0 Å². The van der Waals surface area contributed by atoms with Crippen LogP contribution in [-0.4, -0.2) is 47.3 Å². The standard InChI is InChI=1S/C18H23N3O3S/c1-14-3-5-15(6-4-14)7-8-25(23,24)21-11-17(13-22)18(12-21)16-9-19-20(2)10-16/h3-10,17-18,22H,11-13H2,1-2H3/b8-7+/t17-,18-/m0/s1. The molecule has 6 nitrogen and oxygen atoms in total. The number of nitrogens with zero attached hydrogens (tertiary/aromatic N) is 3. The smallest absolute Gasteiger partial charge is 0.236 e. The number of aryl methyl sites for hydroxylation is 2. The van der Waals surface area contributed by atoms with Crippen molar-refractivity contribution in [2.45, 2.75) is 12.8 Å². The van der Waals surface area contributed by atoms with E-state index < -0.39 is 10.0 Å². The van der Waals surface area contributed by atoms with Crippen molar-refractivity contribution in [3.63, 3.8) is 0 Å². The quantitative estimate of drug-likeness (QED) is 0.880. The largest absolute Gasteiger partial charge is 0.396 e. The summed E-state index contributed by atoms with van der Waals surface area (Å²) in [5.41, 5.74) is 2.93. The molecule has 1 N–H and O–H groups in total. The van der Waals surface area contributed by atoms with E-state index in [2.05, 4.69) is 5.10 Å². The lowest BCUT2D eigenvalue weighted by atomic mass is 9.92. The van der Waals surface area contributed by atoms with Crippen LogP contribution in [0, 0.1) is 12.8 Å².